The van der Waals surface area contributed by atoms with E-state index in [0.29, 0.717) is 16.8 Å². The van der Waals surface area contributed by atoms with Gasteiger partial charge in [-0.25, -0.2) is 4.98 Å². The van der Waals surface area contributed by atoms with Gasteiger partial charge in [0.25, 0.3) is 0 Å². The first-order valence-electron chi connectivity index (χ1n) is 5.11. The Bertz CT molecular complexity index is 470. The fourth-order valence-electron chi connectivity index (χ4n) is 1.32. The smallest absolute Gasteiger partial charge is 0.220 e. The molecular weight excluding hydrogens is 226 g/mol. The van der Waals surface area contributed by atoms with Crippen molar-refractivity contribution in [3.63, 3.8) is 0 Å². The Balaban J connectivity index is 2.08. The number of halogens is 1. The summed E-state index contributed by atoms with van der Waals surface area (Å²) in [4.78, 5) is 4.03. The van der Waals surface area contributed by atoms with Crippen molar-refractivity contribution in [2.24, 2.45) is 0 Å². The van der Waals surface area contributed by atoms with Crippen LogP contribution in [0.1, 0.15) is 13.3 Å². The predicted molar refractivity (Wildman–Crippen MR) is 61.8 cm³/mol. The summed E-state index contributed by atoms with van der Waals surface area (Å²) in [5.41, 5.74) is 0. The zero-order valence-electron chi connectivity index (χ0n) is 8.93. The summed E-state index contributed by atoms with van der Waals surface area (Å²) in [5.74, 6) is 1.15. The highest BCUT2D eigenvalue weighted by Crippen LogP contribution is 2.19. The lowest BCUT2D eigenvalue weighted by molar-refractivity contribution is 0.461. The maximum atomic E-state index is 5.75. The van der Waals surface area contributed by atoms with Gasteiger partial charge in [0, 0.05) is 12.6 Å². The lowest BCUT2D eigenvalue weighted by Gasteiger charge is -2.00. The van der Waals surface area contributed by atoms with Crippen molar-refractivity contribution >= 4 is 11.6 Å². The predicted octanol–water partition coefficient (Wildman–Crippen LogP) is 3.13. The van der Waals surface area contributed by atoms with Gasteiger partial charge in [0.1, 0.15) is 5.15 Å². The molecule has 0 unspecified atom stereocenters. The normalized spacial score (nSPS) is 10.4. The van der Waals surface area contributed by atoms with Gasteiger partial charge in [-0.15, -0.1) is 0 Å². The minimum absolute atomic E-state index is 0.415. The standard InChI is InChI=1S/C11H12ClN3O/c1-2-6-15-8-9(7-13-15)16-11-5-3-4-10(12)14-11/h3-5,7-8H,2,6H2,1H3. The second kappa shape index (κ2) is 4.99. The van der Waals surface area contributed by atoms with Crippen molar-refractivity contribution in [2.45, 2.75) is 19.9 Å². The van der Waals surface area contributed by atoms with Crippen molar-refractivity contribution in [3.05, 3.63) is 35.7 Å². The Hall–Kier alpha value is -1.55. The summed E-state index contributed by atoms with van der Waals surface area (Å²) in [6.45, 7) is 2.98. The molecule has 2 heterocycles. The van der Waals surface area contributed by atoms with E-state index in [-0.39, 0.29) is 0 Å². The van der Waals surface area contributed by atoms with Crippen LogP contribution in [0.5, 0.6) is 11.6 Å². The molecule has 0 saturated carbocycles. The third-order valence-corrected chi connectivity index (χ3v) is 2.18. The molecule has 0 aliphatic heterocycles. The number of aromatic nitrogens is 3. The second-order valence-corrected chi connectivity index (χ2v) is 3.73. The molecule has 16 heavy (non-hydrogen) atoms. The number of hydrogen-bond donors (Lipinski definition) is 0. The second-order valence-electron chi connectivity index (χ2n) is 3.34. The minimum atomic E-state index is 0.415. The van der Waals surface area contributed by atoms with Crippen LogP contribution in [0.15, 0.2) is 30.6 Å². The molecule has 0 aliphatic carbocycles. The molecule has 0 radical (unpaired) electrons. The van der Waals surface area contributed by atoms with E-state index in [1.54, 1.807) is 24.4 Å². The van der Waals surface area contributed by atoms with Crippen molar-refractivity contribution in [1.29, 1.82) is 0 Å². The molecule has 0 atom stereocenters. The number of pyridine rings is 1. The van der Waals surface area contributed by atoms with E-state index in [1.807, 2.05) is 10.9 Å². The largest absolute Gasteiger partial charge is 0.436 e. The highest BCUT2D eigenvalue weighted by molar-refractivity contribution is 6.29. The number of rotatable bonds is 4. The van der Waals surface area contributed by atoms with Gasteiger partial charge in [0.2, 0.25) is 5.88 Å². The third kappa shape index (κ3) is 2.73. The molecule has 2 aromatic rings. The SMILES string of the molecule is CCCn1cc(Oc2cccc(Cl)n2)cn1. The lowest BCUT2D eigenvalue weighted by Crippen LogP contribution is -1.95. The van der Waals surface area contributed by atoms with Crippen LogP contribution < -0.4 is 4.74 Å². The Morgan fingerprint density at radius 3 is 3.06 bits per heavy atom. The van der Waals surface area contributed by atoms with Gasteiger partial charge in [-0.2, -0.15) is 5.10 Å². The van der Waals surface area contributed by atoms with E-state index in [4.69, 9.17) is 16.3 Å². The molecule has 2 rings (SSSR count). The molecule has 84 valence electrons. The zero-order valence-corrected chi connectivity index (χ0v) is 9.68. The fourth-order valence-corrected chi connectivity index (χ4v) is 1.47. The summed E-state index contributed by atoms with van der Waals surface area (Å²) in [5, 5.41) is 4.57. The average molecular weight is 238 g/mol. The zero-order chi connectivity index (χ0) is 11.4. The van der Waals surface area contributed by atoms with Crippen LogP contribution in [-0.4, -0.2) is 14.8 Å². The Morgan fingerprint density at radius 2 is 2.31 bits per heavy atom. The molecule has 0 N–H and O–H groups in total. The highest BCUT2D eigenvalue weighted by Gasteiger charge is 2.02. The third-order valence-electron chi connectivity index (χ3n) is 1.97. The molecule has 0 amide bonds. The van der Waals surface area contributed by atoms with Crippen LogP contribution in [0.3, 0.4) is 0 Å². The van der Waals surface area contributed by atoms with Gasteiger partial charge in [0.05, 0.1) is 12.4 Å². The summed E-state index contributed by atoms with van der Waals surface area (Å²) in [7, 11) is 0. The first-order chi connectivity index (χ1) is 7.78. The summed E-state index contributed by atoms with van der Waals surface area (Å²) < 4.78 is 7.34. The number of nitrogens with zero attached hydrogens (tertiary/aromatic N) is 3. The fraction of sp³-hybridized carbons (Fsp3) is 0.273. The highest BCUT2D eigenvalue weighted by atomic mass is 35.5. The number of aryl methyl sites for hydroxylation is 1. The first-order valence-corrected chi connectivity index (χ1v) is 5.48. The monoisotopic (exact) mass is 237 g/mol. The van der Waals surface area contributed by atoms with Crippen molar-refractivity contribution < 1.29 is 4.74 Å². The van der Waals surface area contributed by atoms with Gasteiger partial charge in [-0.3, -0.25) is 4.68 Å². The molecule has 0 aromatic carbocycles. The van der Waals surface area contributed by atoms with Crippen molar-refractivity contribution in [2.75, 3.05) is 0 Å². The van der Waals surface area contributed by atoms with E-state index in [0.717, 1.165) is 13.0 Å². The van der Waals surface area contributed by atoms with E-state index in [9.17, 15) is 0 Å². The molecule has 4 nitrogen and oxygen atoms in total. The Kier molecular flexibility index (Phi) is 3.41. The summed E-state index contributed by atoms with van der Waals surface area (Å²) in [6.07, 6.45) is 4.54. The van der Waals surface area contributed by atoms with Crippen LogP contribution in [0.25, 0.3) is 0 Å². The molecule has 2 aromatic heterocycles. The number of hydrogen-bond acceptors (Lipinski definition) is 3. The molecule has 0 spiro atoms. The Morgan fingerprint density at radius 1 is 1.44 bits per heavy atom. The first kappa shape index (κ1) is 11.0. The van der Waals surface area contributed by atoms with Crippen LogP contribution in [0.2, 0.25) is 5.15 Å². The molecule has 5 heteroatoms. The topological polar surface area (TPSA) is 39.9 Å². The van der Waals surface area contributed by atoms with E-state index >= 15 is 0 Å². The Labute approximate surface area is 98.8 Å². The summed E-state index contributed by atoms with van der Waals surface area (Å²) in [6, 6.07) is 5.25. The van der Waals surface area contributed by atoms with Gasteiger partial charge in [-0.1, -0.05) is 24.6 Å². The maximum absolute atomic E-state index is 5.75. The van der Waals surface area contributed by atoms with Crippen molar-refractivity contribution in [3.8, 4) is 11.6 Å². The molecular formula is C11H12ClN3O. The lowest BCUT2D eigenvalue weighted by atomic mass is 10.5. The molecule has 0 fully saturated rings. The average Bonchev–Trinajstić information content (AvgIpc) is 2.66. The van der Waals surface area contributed by atoms with E-state index < -0.39 is 0 Å². The van der Waals surface area contributed by atoms with Crippen LogP contribution in [0, 0.1) is 0 Å². The molecule has 0 bridgehead atoms. The van der Waals surface area contributed by atoms with Crippen LogP contribution in [-0.2, 0) is 6.54 Å². The van der Waals surface area contributed by atoms with E-state index in [1.165, 1.54) is 0 Å². The number of ether oxygens (including phenoxy) is 1. The quantitative estimate of drug-likeness (QED) is 0.767. The minimum Gasteiger partial charge on any atom is -0.436 e. The van der Waals surface area contributed by atoms with Gasteiger partial charge in [-0.05, 0) is 12.5 Å². The van der Waals surface area contributed by atoms with Gasteiger partial charge < -0.3 is 4.74 Å². The van der Waals surface area contributed by atoms with Gasteiger partial charge >= 0.3 is 0 Å². The molecule has 0 aliphatic rings. The summed E-state index contributed by atoms with van der Waals surface area (Å²) >= 11 is 5.75. The van der Waals surface area contributed by atoms with Crippen molar-refractivity contribution in [1.82, 2.24) is 14.8 Å². The van der Waals surface area contributed by atoms with Crippen LogP contribution in [0.4, 0.5) is 0 Å². The van der Waals surface area contributed by atoms with Gasteiger partial charge in [0.15, 0.2) is 5.75 Å². The maximum Gasteiger partial charge on any atom is 0.220 e. The molecule has 0 saturated heterocycles. The van der Waals surface area contributed by atoms with Crippen LogP contribution >= 0.6 is 11.6 Å². The van der Waals surface area contributed by atoms with E-state index in [2.05, 4.69) is 17.0 Å².